The van der Waals surface area contributed by atoms with E-state index >= 15 is 0 Å². The highest BCUT2D eigenvalue weighted by molar-refractivity contribution is 5.57. The van der Waals surface area contributed by atoms with E-state index in [2.05, 4.69) is 0 Å². The van der Waals surface area contributed by atoms with Gasteiger partial charge < -0.3 is 19.5 Å². The Morgan fingerprint density at radius 2 is 2.28 bits per heavy atom. The number of ether oxygens (including phenoxy) is 2. The molecule has 100 valence electrons. The van der Waals surface area contributed by atoms with Crippen LogP contribution in [0.2, 0.25) is 0 Å². The van der Waals surface area contributed by atoms with Crippen LogP contribution in [0.25, 0.3) is 0 Å². The Kier molecular flexibility index (Phi) is 4.44. The molecule has 0 saturated carbocycles. The van der Waals surface area contributed by atoms with Gasteiger partial charge in [-0.2, -0.15) is 0 Å². The van der Waals surface area contributed by atoms with E-state index in [0.717, 1.165) is 24.5 Å². The average Bonchev–Trinajstić information content (AvgIpc) is 2.92. The normalized spacial score (nSPS) is 20.7. The zero-order chi connectivity index (χ0) is 13.0. The van der Waals surface area contributed by atoms with Crippen molar-refractivity contribution in [1.29, 1.82) is 0 Å². The molecule has 1 fully saturated rings. The molecule has 0 aliphatic carbocycles. The molecular formula is C14H21NO3. The first-order chi connectivity index (χ1) is 8.72. The number of rotatable bonds is 5. The van der Waals surface area contributed by atoms with Crippen LogP contribution in [0.3, 0.4) is 0 Å². The summed E-state index contributed by atoms with van der Waals surface area (Å²) in [6, 6.07) is 7.84. The van der Waals surface area contributed by atoms with E-state index in [4.69, 9.17) is 9.47 Å². The zero-order valence-corrected chi connectivity index (χ0v) is 11.0. The minimum Gasteiger partial charge on any atom is -0.495 e. The number of para-hydroxylation sites is 2. The van der Waals surface area contributed by atoms with Crippen LogP contribution < -0.4 is 9.64 Å². The summed E-state index contributed by atoms with van der Waals surface area (Å²) in [6.45, 7) is 2.02. The minimum absolute atomic E-state index is 0.252. The van der Waals surface area contributed by atoms with Gasteiger partial charge in [-0.3, -0.25) is 0 Å². The third-order valence-electron chi connectivity index (χ3n) is 3.47. The number of nitrogens with zero attached hydrogens (tertiary/aromatic N) is 1. The van der Waals surface area contributed by atoms with Gasteiger partial charge in [0.15, 0.2) is 0 Å². The molecule has 2 rings (SSSR count). The Labute approximate surface area is 108 Å². The van der Waals surface area contributed by atoms with E-state index in [1.807, 2.05) is 36.2 Å². The van der Waals surface area contributed by atoms with E-state index in [1.54, 1.807) is 7.11 Å². The van der Waals surface area contributed by atoms with Crippen molar-refractivity contribution in [2.75, 3.05) is 38.8 Å². The molecule has 0 aromatic heterocycles. The number of hydrogen-bond donors (Lipinski definition) is 1. The number of hydrogen-bond acceptors (Lipinski definition) is 4. The maximum atomic E-state index is 10.2. The minimum atomic E-state index is -0.359. The van der Waals surface area contributed by atoms with Crippen LogP contribution in [0.15, 0.2) is 24.3 Å². The highest BCUT2D eigenvalue weighted by Gasteiger charge is 2.25. The van der Waals surface area contributed by atoms with Crippen LogP contribution in [0.5, 0.6) is 5.75 Å². The molecule has 1 saturated heterocycles. The van der Waals surface area contributed by atoms with Crippen molar-refractivity contribution in [3.63, 3.8) is 0 Å². The Bertz CT molecular complexity index is 377. The highest BCUT2D eigenvalue weighted by atomic mass is 16.5. The Morgan fingerprint density at radius 3 is 2.94 bits per heavy atom. The van der Waals surface area contributed by atoms with Gasteiger partial charge in [0, 0.05) is 26.1 Å². The van der Waals surface area contributed by atoms with Crippen molar-refractivity contribution in [3.05, 3.63) is 24.3 Å². The fraction of sp³-hybridized carbons (Fsp3) is 0.571. The molecular weight excluding hydrogens is 230 g/mol. The number of benzene rings is 1. The van der Waals surface area contributed by atoms with Crippen molar-refractivity contribution >= 4 is 5.69 Å². The first-order valence-corrected chi connectivity index (χ1v) is 6.32. The summed E-state index contributed by atoms with van der Waals surface area (Å²) in [4.78, 5) is 2.03. The van der Waals surface area contributed by atoms with Gasteiger partial charge in [-0.25, -0.2) is 0 Å². The lowest BCUT2D eigenvalue weighted by Crippen LogP contribution is -2.34. The number of methoxy groups -OCH3 is 1. The lowest BCUT2D eigenvalue weighted by molar-refractivity contribution is 0.0969. The molecule has 1 N–H and O–H groups in total. The fourth-order valence-electron chi connectivity index (χ4n) is 2.33. The molecule has 4 nitrogen and oxygen atoms in total. The zero-order valence-electron chi connectivity index (χ0n) is 11.0. The number of aliphatic hydroxyl groups is 1. The SMILES string of the molecule is COc1ccccc1N(C)CC(O)C1CCOC1. The van der Waals surface area contributed by atoms with E-state index < -0.39 is 0 Å². The molecule has 2 unspecified atom stereocenters. The van der Waals surface area contributed by atoms with E-state index in [9.17, 15) is 5.11 Å². The summed E-state index contributed by atoms with van der Waals surface area (Å²) in [5.74, 6) is 1.08. The maximum absolute atomic E-state index is 10.2. The molecule has 0 amide bonds. The fourth-order valence-corrected chi connectivity index (χ4v) is 2.33. The summed E-state index contributed by atoms with van der Waals surface area (Å²) in [6.07, 6.45) is 0.586. The number of aliphatic hydroxyl groups excluding tert-OH is 1. The first-order valence-electron chi connectivity index (χ1n) is 6.32. The van der Waals surface area contributed by atoms with Gasteiger partial charge in [0.2, 0.25) is 0 Å². The van der Waals surface area contributed by atoms with E-state index in [1.165, 1.54) is 0 Å². The monoisotopic (exact) mass is 251 g/mol. The summed E-state index contributed by atoms with van der Waals surface area (Å²) in [7, 11) is 3.63. The number of anilines is 1. The molecule has 1 aliphatic heterocycles. The van der Waals surface area contributed by atoms with Crippen LogP contribution in [-0.4, -0.2) is 45.1 Å². The molecule has 18 heavy (non-hydrogen) atoms. The smallest absolute Gasteiger partial charge is 0.142 e. The van der Waals surface area contributed by atoms with Gasteiger partial charge in [0.05, 0.1) is 25.5 Å². The predicted molar refractivity (Wildman–Crippen MR) is 71.2 cm³/mol. The van der Waals surface area contributed by atoms with Crippen LogP contribution >= 0.6 is 0 Å². The molecule has 0 bridgehead atoms. The standard InChI is InChI=1S/C14H21NO3/c1-15(9-13(16)11-7-8-18-10-11)12-5-3-4-6-14(12)17-2/h3-6,11,13,16H,7-10H2,1-2H3. The molecule has 4 heteroatoms. The molecule has 1 aliphatic rings. The molecule has 1 aromatic carbocycles. The molecule has 2 atom stereocenters. The first kappa shape index (κ1) is 13.2. The molecule has 0 radical (unpaired) electrons. The number of likely N-dealkylation sites (N-methyl/N-ethyl adjacent to an activating group) is 1. The highest BCUT2D eigenvalue weighted by Crippen LogP contribution is 2.27. The lowest BCUT2D eigenvalue weighted by atomic mass is 10.0. The van der Waals surface area contributed by atoms with Gasteiger partial charge in [0.25, 0.3) is 0 Å². The predicted octanol–water partition coefficient (Wildman–Crippen LogP) is 1.53. The molecule has 0 spiro atoms. The summed E-state index contributed by atoms with van der Waals surface area (Å²) in [5.41, 5.74) is 0.998. The maximum Gasteiger partial charge on any atom is 0.142 e. The van der Waals surface area contributed by atoms with Crippen molar-refractivity contribution in [2.45, 2.75) is 12.5 Å². The lowest BCUT2D eigenvalue weighted by Gasteiger charge is -2.26. The quantitative estimate of drug-likeness (QED) is 0.861. The second kappa shape index (κ2) is 6.07. The largest absolute Gasteiger partial charge is 0.495 e. The van der Waals surface area contributed by atoms with Gasteiger partial charge >= 0.3 is 0 Å². The van der Waals surface area contributed by atoms with Gasteiger partial charge in [-0.15, -0.1) is 0 Å². The van der Waals surface area contributed by atoms with Crippen LogP contribution in [-0.2, 0) is 4.74 Å². The van der Waals surface area contributed by atoms with Crippen molar-refractivity contribution < 1.29 is 14.6 Å². The molecule has 1 aromatic rings. The third-order valence-corrected chi connectivity index (χ3v) is 3.47. The van der Waals surface area contributed by atoms with Crippen molar-refractivity contribution in [2.24, 2.45) is 5.92 Å². The topological polar surface area (TPSA) is 41.9 Å². The van der Waals surface area contributed by atoms with Crippen molar-refractivity contribution in [1.82, 2.24) is 0 Å². The van der Waals surface area contributed by atoms with Gasteiger partial charge in [-0.05, 0) is 18.6 Å². The Balaban J connectivity index is 1.99. The van der Waals surface area contributed by atoms with Crippen LogP contribution in [0, 0.1) is 5.92 Å². The van der Waals surface area contributed by atoms with Gasteiger partial charge in [0.1, 0.15) is 5.75 Å². The van der Waals surface area contributed by atoms with Crippen LogP contribution in [0.4, 0.5) is 5.69 Å². The Morgan fingerprint density at radius 1 is 1.50 bits per heavy atom. The van der Waals surface area contributed by atoms with Gasteiger partial charge in [-0.1, -0.05) is 12.1 Å². The molecule has 1 heterocycles. The Hall–Kier alpha value is -1.26. The van der Waals surface area contributed by atoms with E-state index in [0.29, 0.717) is 13.2 Å². The third kappa shape index (κ3) is 2.94. The summed E-state index contributed by atoms with van der Waals surface area (Å²) in [5, 5.41) is 10.2. The average molecular weight is 251 g/mol. The second-order valence-electron chi connectivity index (χ2n) is 4.74. The van der Waals surface area contributed by atoms with Crippen molar-refractivity contribution in [3.8, 4) is 5.75 Å². The van der Waals surface area contributed by atoms with E-state index in [-0.39, 0.29) is 12.0 Å². The summed E-state index contributed by atoms with van der Waals surface area (Å²) >= 11 is 0. The summed E-state index contributed by atoms with van der Waals surface area (Å²) < 4.78 is 10.6. The van der Waals surface area contributed by atoms with Crippen LogP contribution in [0.1, 0.15) is 6.42 Å². The second-order valence-corrected chi connectivity index (χ2v) is 4.74.